The van der Waals surface area contributed by atoms with Gasteiger partial charge >= 0.3 is 5.97 Å². The van der Waals surface area contributed by atoms with Gasteiger partial charge < -0.3 is 14.8 Å². The Bertz CT molecular complexity index is 628. The molecule has 0 aliphatic carbocycles. The number of hydrogen-bond acceptors (Lipinski definition) is 5. The topological polar surface area (TPSA) is 60.5 Å². The van der Waals surface area contributed by atoms with E-state index in [0.717, 1.165) is 17.0 Å². The number of esters is 1. The number of benzene rings is 1. The second-order valence-corrected chi connectivity index (χ2v) is 5.35. The zero-order valence-electron chi connectivity index (χ0n) is 12.4. The van der Waals surface area contributed by atoms with Crippen molar-refractivity contribution in [3.8, 4) is 5.75 Å². The Kier molecular flexibility index (Phi) is 4.23. The van der Waals surface area contributed by atoms with Crippen LogP contribution in [-0.2, 0) is 16.1 Å². The number of pyridine rings is 1. The van der Waals surface area contributed by atoms with Crippen molar-refractivity contribution < 1.29 is 14.3 Å². The van der Waals surface area contributed by atoms with Gasteiger partial charge in [0.15, 0.2) is 0 Å². The fourth-order valence-corrected chi connectivity index (χ4v) is 2.37. The SMILES string of the molecule is C[C@H]1C[C@@H](Nc2ccc(OCc3cccnc3)cc2)C(=O)O1. The predicted octanol–water partition coefficient (Wildman–Crippen LogP) is 2.78. The number of nitrogens with one attached hydrogen (secondary N) is 1. The lowest BCUT2D eigenvalue weighted by Crippen LogP contribution is -2.24. The number of aromatic nitrogens is 1. The molecule has 1 aliphatic heterocycles. The van der Waals surface area contributed by atoms with Crippen LogP contribution < -0.4 is 10.1 Å². The molecule has 1 aromatic carbocycles. The Morgan fingerprint density at radius 3 is 2.77 bits per heavy atom. The molecule has 22 heavy (non-hydrogen) atoms. The van der Waals surface area contributed by atoms with Crippen molar-refractivity contribution in [1.29, 1.82) is 0 Å². The van der Waals surface area contributed by atoms with Crippen LogP contribution in [0.15, 0.2) is 48.8 Å². The average Bonchev–Trinajstić information content (AvgIpc) is 2.85. The Morgan fingerprint density at radius 2 is 2.14 bits per heavy atom. The fourth-order valence-electron chi connectivity index (χ4n) is 2.37. The number of anilines is 1. The molecule has 0 bridgehead atoms. The van der Waals surface area contributed by atoms with Crippen LogP contribution in [0.4, 0.5) is 5.69 Å². The van der Waals surface area contributed by atoms with Gasteiger partial charge in [0.25, 0.3) is 0 Å². The summed E-state index contributed by atoms with van der Waals surface area (Å²) in [6, 6.07) is 11.1. The van der Waals surface area contributed by atoms with E-state index in [9.17, 15) is 4.79 Å². The van der Waals surface area contributed by atoms with E-state index in [-0.39, 0.29) is 18.1 Å². The molecule has 1 N–H and O–H groups in total. The van der Waals surface area contributed by atoms with E-state index in [1.54, 1.807) is 12.4 Å². The van der Waals surface area contributed by atoms with Crippen LogP contribution in [0, 0.1) is 0 Å². The lowest BCUT2D eigenvalue weighted by Gasteiger charge is -2.11. The summed E-state index contributed by atoms with van der Waals surface area (Å²) in [6.45, 7) is 2.38. The molecule has 2 aromatic rings. The third-order valence-electron chi connectivity index (χ3n) is 3.49. The number of cyclic esters (lactones) is 1. The molecule has 5 heteroatoms. The van der Waals surface area contributed by atoms with E-state index < -0.39 is 0 Å². The lowest BCUT2D eigenvalue weighted by molar-refractivity contribution is -0.141. The van der Waals surface area contributed by atoms with Gasteiger partial charge in [0.05, 0.1) is 0 Å². The molecule has 1 aromatic heterocycles. The van der Waals surface area contributed by atoms with E-state index in [1.807, 2.05) is 43.3 Å². The third-order valence-corrected chi connectivity index (χ3v) is 3.49. The van der Waals surface area contributed by atoms with Crippen molar-refractivity contribution in [3.63, 3.8) is 0 Å². The summed E-state index contributed by atoms with van der Waals surface area (Å²) in [4.78, 5) is 15.6. The molecule has 0 spiro atoms. The minimum absolute atomic E-state index is 0.0212. The summed E-state index contributed by atoms with van der Waals surface area (Å²) in [6.07, 6.45) is 4.19. The normalized spacial score (nSPS) is 20.5. The molecule has 1 aliphatic rings. The van der Waals surface area contributed by atoms with Gasteiger partial charge in [0.2, 0.25) is 0 Å². The number of ether oxygens (including phenoxy) is 2. The molecule has 0 amide bonds. The van der Waals surface area contributed by atoms with Crippen molar-refractivity contribution >= 4 is 11.7 Å². The molecule has 1 saturated heterocycles. The largest absolute Gasteiger partial charge is 0.489 e. The number of carbonyl (C=O) groups excluding carboxylic acids is 1. The molecule has 114 valence electrons. The minimum Gasteiger partial charge on any atom is -0.489 e. The van der Waals surface area contributed by atoms with E-state index >= 15 is 0 Å². The maximum Gasteiger partial charge on any atom is 0.328 e. The molecule has 2 atom stereocenters. The number of carbonyl (C=O) groups is 1. The Morgan fingerprint density at radius 1 is 1.32 bits per heavy atom. The Hall–Kier alpha value is -2.56. The van der Waals surface area contributed by atoms with Gasteiger partial charge in [-0.25, -0.2) is 4.79 Å². The molecular formula is C17H18N2O3. The molecule has 5 nitrogen and oxygen atoms in total. The van der Waals surface area contributed by atoms with Gasteiger partial charge in [-0.05, 0) is 37.3 Å². The number of hydrogen-bond donors (Lipinski definition) is 1. The van der Waals surface area contributed by atoms with Crippen LogP contribution in [-0.4, -0.2) is 23.1 Å². The lowest BCUT2D eigenvalue weighted by atomic mass is 10.2. The van der Waals surface area contributed by atoms with Crippen molar-refractivity contribution in [2.45, 2.75) is 32.1 Å². The zero-order chi connectivity index (χ0) is 15.4. The first-order valence-corrected chi connectivity index (χ1v) is 7.29. The zero-order valence-corrected chi connectivity index (χ0v) is 12.4. The summed E-state index contributed by atoms with van der Waals surface area (Å²) in [5, 5.41) is 3.18. The maximum absolute atomic E-state index is 11.6. The summed E-state index contributed by atoms with van der Waals surface area (Å²) in [5.74, 6) is 0.584. The van der Waals surface area contributed by atoms with Gasteiger partial charge in [-0.1, -0.05) is 6.07 Å². The van der Waals surface area contributed by atoms with Gasteiger partial charge in [-0.2, -0.15) is 0 Å². The fraction of sp³-hybridized carbons (Fsp3) is 0.294. The summed E-state index contributed by atoms with van der Waals surface area (Å²) >= 11 is 0. The van der Waals surface area contributed by atoms with E-state index in [0.29, 0.717) is 13.0 Å². The molecular weight excluding hydrogens is 280 g/mol. The first-order chi connectivity index (χ1) is 10.7. The molecule has 0 radical (unpaired) electrons. The molecule has 3 rings (SSSR count). The molecule has 1 fully saturated rings. The Balaban J connectivity index is 1.55. The first kappa shape index (κ1) is 14.4. The monoisotopic (exact) mass is 298 g/mol. The van der Waals surface area contributed by atoms with Crippen molar-refractivity contribution in [2.24, 2.45) is 0 Å². The van der Waals surface area contributed by atoms with Crippen LogP contribution in [0.1, 0.15) is 18.9 Å². The summed E-state index contributed by atoms with van der Waals surface area (Å²) in [7, 11) is 0. The quantitative estimate of drug-likeness (QED) is 0.860. The standard InChI is InChI=1S/C17H18N2O3/c1-12-9-16(17(20)22-12)19-14-4-6-15(7-5-14)21-11-13-3-2-8-18-10-13/h2-8,10,12,16,19H,9,11H2,1H3/t12-,16+/m0/s1. The molecule has 2 heterocycles. The summed E-state index contributed by atoms with van der Waals surface area (Å²) in [5.41, 5.74) is 1.90. The smallest absolute Gasteiger partial charge is 0.328 e. The highest BCUT2D eigenvalue weighted by Gasteiger charge is 2.31. The van der Waals surface area contributed by atoms with Crippen LogP contribution in [0.3, 0.4) is 0 Å². The van der Waals surface area contributed by atoms with Gasteiger partial charge in [-0.15, -0.1) is 0 Å². The predicted molar refractivity (Wildman–Crippen MR) is 82.6 cm³/mol. The highest BCUT2D eigenvalue weighted by atomic mass is 16.6. The second kappa shape index (κ2) is 6.47. The van der Waals surface area contributed by atoms with Gasteiger partial charge in [0, 0.05) is 30.1 Å². The number of rotatable bonds is 5. The molecule has 0 unspecified atom stereocenters. The van der Waals surface area contributed by atoms with Crippen LogP contribution in [0.5, 0.6) is 5.75 Å². The van der Waals surface area contributed by atoms with Crippen molar-refractivity contribution in [3.05, 3.63) is 54.4 Å². The Labute approximate surface area is 129 Å². The van der Waals surface area contributed by atoms with E-state index in [4.69, 9.17) is 9.47 Å². The number of nitrogens with zero attached hydrogens (tertiary/aromatic N) is 1. The van der Waals surface area contributed by atoms with E-state index in [2.05, 4.69) is 10.3 Å². The van der Waals surface area contributed by atoms with Gasteiger partial charge in [-0.3, -0.25) is 4.98 Å². The minimum atomic E-state index is -0.267. The van der Waals surface area contributed by atoms with Crippen LogP contribution >= 0.6 is 0 Å². The van der Waals surface area contributed by atoms with Crippen LogP contribution in [0.25, 0.3) is 0 Å². The summed E-state index contributed by atoms with van der Waals surface area (Å²) < 4.78 is 10.8. The van der Waals surface area contributed by atoms with Crippen LogP contribution in [0.2, 0.25) is 0 Å². The van der Waals surface area contributed by atoms with Crippen molar-refractivity contribution in [1.82, 2.24) is 4.98 Å². The molecule has 0 saturated carbocycles. The third kappa shape index (κ3) is 3.55. The maximum atomic E-state index is 11.6. The first-order valence-electron chi connectivity index (χ1n) is 7.29. The second-order valence-electron chi connectivity index (χ2n) is 5.35. The highest BCUT2D eigenvalue weighted by Crippen LogP contribution is 2.21. The van der Waals surface area contributed by atoms with E-state index in [1.165, 1.54) is 0 Å². The highest BCUT2D eigenvalue weighted by molar-refractivity contribution is 5.81. The van der Waals surface area contributed by atoms with Crippen molar-refractivity contribution in [2.75, 3.05) is 5.32 Å². The average molecular weight is 298 g/mol. The van der Waals surface area contributed by atoms with Gasteiger partial charge in [0.1, 0.15) is 24.5 Å².